The molecule has 1 aromatic heterocycles. The van der Waals surface area contributed by atoms with Crippen molar-refractivity contribution < 1.29 is 5.11 Å². The van der Waals surface area contributed by atoms with Crippen LogP contribution in [0.1, 0.15) is 19.4 Å². The van der Waals surface area contributed by atoms with Crippen LogP contribution in [0.15, 0.2) is 18.3 Å². The molecule has 0 aliphatic heterocycles. The number of nitrogens with one attached hydrogen (secondary N) is 1. The summed E-state index contributed by atoms with van der Waals surface area (Å²) >= 11 is 0. The van der Waals surface area contributed by atoms with Crippen molar-refractivity contribution in [2.45, 2.75) is 26.4 Å². The van der Waals surface area contributed by atoms with E-state index in [0.29, 0.717) is 12.6 Å². The van der Waals surface area contributed by atoms with Crippen LogP contribution in [0.2, 0.25) is 0 Å². The van der Waals surface area contributed by atoms with Gasteiger partial charge in [-0.15, -0.1) is 0 Å². The lowest BCUT2D eigenvalue weighted by atomic mass is 10.2. The van der Waals surface area contributed by atoms with Crippen molar-refractivity contribution in [3.05, 3.63) is 23.9 Å². The number of hydrogen-bond acceptors (Lipinski definition) is 4. The number of pyridine rings is 1. The Hall–Kier alpha value is -1.13. The summed E-state index contributed by atoms with van der Waals surface area (Å²) in [6.45, 7) is 5.79. The highest BCUT2D eigenvalue weighted by Gasteiger charge is 2.07. The third-order valence-corrected chi connectivity index (χ3v) is 2.37. The van der Waals surface area contributed by atoms with E-state index in [1.807, 2.05) is 18.0 Å². The van der Waals surface area contributed by atoms with Crippen LogP contribution in [0.4, 0.5) is 5.82 Å². The SMILES string of the molecule is CC(C)NCc1cccnc1N(C)CCO. The predicted octanol–water partition coefficient (Wildman–Crippen LogP) is 1.01. The highest BCUT2D eigenvalue weighted by molar-refractivity contribution is 5.45. The van der Waals surface area contributed by atoms with Gasteiger partial charge in [0.25, 0.3) is 0 Å². The monoisotopic (exact) mass is 223 g/mol. The molecule has 0 saturated heterocycles. The molecule has 0 fully saturated rings. The number of aliphatic hydroxyl groups excluding tert-OH is 1. The standard InChI is InChI=1S/C12H21N3O/c1-10(2)14-9-11-5-4-6-13-12(11)15(3)7-8-16/h4-6,10,14,16H,7-9H2,1-3H3. The van der Waals surface area contributed by atoms with Gasteiger partial charge in [-0.3, -0.25) is 0 Å². The van der Waals surface area contributed by atoms with E-state index in [1.54, 1.807) is 6.20 Å². The number of aliphatic hydroxyl groups is 1. The molecule has 4 nitrogen and oxygen atoms in total. The first-order valence-electron chi connectivity index (χ1n) is 5.64. The van der Waals surface area contributed by atoms with Crippen LogP contribution >= 0.6 is 0 Å². The van der Waals surface area contributed by atoms with Crippen LogP contribution in [-0.2, 0) is 6.54 Å². The van der Waals surface area contributed by atoms with Gasteiger partial charge in [0.05, 0.1) is 6.61 Å². The highest BCUT2D eigenvalue weighted by Crippen LogP contribution is 2.15. The highest BCUT2D eigenvalue weighted by atomic mass is 16.3. The van der Waals surface area contributed by atoms with Crippen LogP contribution in [-0.4, -0.2) is 36.3 Å². The summed E-state index contributed by atoms with van der Waals surface area (Å²) in [6, 6.07) is 4.45. The number of anilines is 1. The lowest BCUT2D eigenvalue weighted by molar-refractivity contribution is 0.303. The first-order chi connectivity index (χ1) is 7.65. The molecule has 2 N–H and O–H groups in total. The molecule has 1 heterocycles. The first kappa shape index (κ1) is 12.9. The fourth-order valence-electron chi connectivity index (χ4n) is 1.48. The summed E-state index contributed by atoms with van der Waals surface area (Å²) in [6.07, 6.45) is 1.78. The molecule has 0 spiro atoms. The number of hydrogen-bond donors (Lipinski definition) is 2. The number of nitrogens with zero attached hydrogens (tertiary/aromatic N) is 2. The zero-order valence-electron chi connectivity index (χ0n) is 10.3. The van der Waals surface area contributed by atoms with Crippen LogP contribution in [0.25, 0.3) is 0 Å². The lowest BCUT2D eigenvalue weighted by Crippen LogP contribution is -2.27. The molecule has 1 aromatic rings. The molecule has 0 unspecified atom stereocenters. The maximum Gasteiger partial charge on any atom is 0.132 e. The maximum absolute atomic E-state index is 8.92. The van der Waals surface area contributed by atoms with E-state index in [2.05, 4.69) is 30.2 Å². The molecular formula is C12H21N3O. The second-order valence-corrected chi connectivity index (χ2v) is 4.17. The van der Waals surface area contributed by atoms with Crippen molar-refractivity contribution >= 4 is 5.82 Å². The van der Waals surface area contributed by atoms with Crippen molar-refractivity contribution in [3.63, 3.8) is 0 Å². The summed E-state index contributed by atoms with van der Waals surface area (Å²) in [5.74, 6) is 0.935. The van der Waals surface area contributed by atoms with E-state index in [4.69, 9.17) is 5.11 Å². The molecule has 4 heteroatoms. The Bertz CT molecular complexity index is 315. The topological polar surface area (TPSA) is 48.4 Å². The van der Waals surface area contributed by atoms with E-state index in [9.17, 15) is 0 Å². The van der Waals surface area contributed by atoms with Crippen molar-refractivity contribution in [1.82, 2.24) is 10.3 Å². The van der Waals surface area contributed by atoms with E-state index in [1.165, 1.54) is 0 Å². The Balaban J connectivity index is 2.74. The lowest BCUT2D eigenvalue weighted by Gasteiger charge is -2.20. The fraction of sp³-hybridized carbons (Fsp3) is 0.583. The quantitative estimate of drug-likeness (QED) is 0.755. The van der Waals surface area contributed by atoms with E-state index >= 15 is 0 Å². The molecule has 0 bridgehead atoms. The van der Waals surface area contributed by atoms with E-state index in [-0.39, 0.29) is 6.61 Å². The minimum absolute atomic E-state index is 0.143. The van der Waals surface area contributed by atoms with Crippen molar-refractivity contribution in [2.24, 2.45) is 0 Å². The molecule has 0 aliphatic carbocycles. The average Bonchev–Trinajstić information content (AvgIpc) is 2.27. The smallest absolute Gasteiger partial charge is 0.132 e. The van der Waals surface area contributed by atoms with Gasteiger partial charge in [0.15, 0.2) is 0 Å². The Morgan fingerprint density at radius 2 is 2.25 bits per heavy atom. The van der Waals surface area contributed by atoms with Crippen LogP contribution in [0.3, 0.4) is 0 Å². The fourth-order valence-corrected chi connectivity index (χ4v) is 1.48. The Labute approximate surface area is 97.3 Å². The van der Waals surface area contributed by atoms with Gasteiger partial charge in [-0.05, 0) is 6.07 Å². The third-order valence-electron chi connectivity index (χ3n) is 2.37. The summed E-state index contributed by atoms with van der Waals surface area (Å²) in [4.78, 5) is 6.32. The van der Waals surface area contributed by atoms with Gasteiger partial charge in [0.1, 0.15) is 5.82 Å². The molecule has 0 atom stereocenters. The molecule has 90 valence electrons. The molecule has 0 saturated carbocycles. The van der Waals surface area contributed by atoms with E-state index in [0.717, 1.165) is 17.9 Å². The average molecular weight is 223 g/mol. The minimum atomic E-state index is 0.143. The van der Waals surface area contributed by atoms with Crippen LogP contribution in [0, 0.1) is 0 Å². The summed E-state index contributed by atoms with van der Waals surface area (Å²) < 4.78 is 0. The zero-order chi connectivity index (χ0) is 12.0. The van der Waals surface area contributed by atoms with Crippen molar-refractivity contribution in [2.75, 3.05) is 25.1 Å². The van der Waals surface area contributed by atoms with Crippen molar-refractivity contribution in [3.8, 4) is 0 Å². The van der Waals surface area contributed by atoms with Crippen LogP contribution in [0.5, 0.6) is 0 Å². The molecule has 1 rings (SSSR count). The Morgan fingerprint density at radius 1 is 1.50 bits per heavy atom. The first-order valence-corrected chi connectivity index (χ1v) is 5.64. The molecule has 0 amide bonds. The Morgan fingerprint density at radius 3 is 2.88 bits per heavy atom. The number of likely N-dealkylation sites (N-methyl/N-ethyl adjacent to an activating group) is 1. The minimum Gasteiger partial charge on any atom is -0.395 e. The van der Waals surface area contributed by atoms with Crippen molar-refractivity contribution in [1.29, 1.82) is 0 Å². The van der Waals surface area contributed by atoms with Gasteiger partial charge in [-0.25, -0.2) is 4.98 Å². The van der Waals surface area contributed by atoms with Gasteiger partial charge < -0.3 is 15.3 Å². The van der Waals surface area contributed by atoms with Crippen LogP contribution < -0.4 is 10.2 Å². The normalized spacial score (nSPS) is 10.8. The second kappa shape index (κ2) is 6.45. The number of rotatable bonds is 6. The molecular weight excluding hydrogens is 202 g/mol. The molecule has 16 heavy (non-hydrogen) atoms. The summed E-state index contributed by atoms with van der Waals surface area (Å²) in [5.41, 5.74) is 1.16. The third kappa shape index (κ3) is 3.79. The molecule has 0 radical (unpaired) electrons. The van der Waals surface area contributed by atoms with E-state index < -0.39 is 0 Å². The van der Waals surface area contributed by atoms with Gasteiger partial charge in [-0.2, -0.15) is 0 Å². The summed E-state index contributed by atoms with van der Waals surface area (Å²) in [5, 5.41) is 12.3. The maximum atomic E-state index is 8.92. The van der Waals surface area contributed by atoms with Gasteiger partial charge >= 0.3 is 0 Å². The molecule has 0 aromatic carbocycles. The molecule has 0 aliphatic rings. The Kier molecular flexibility index (Phi) is 5.22. The largest absolute Gasteiger partial charge is 0.395 e. The number of aromatic nitrogens is 1. The van der Waals surface area contributed by atoms with Gasteiger partial charge in [-0.1, -0.05) is 19.9 Å². The predicted molar refractivity (Wildman–Crippen MR) is 66.6 cm³/mol. The summed E-state index contributed by atoms with van der Waals surface area (Å²) in [7, 11) is 1.94. The van der Waals surface area contributed by atoms with Gasteiger partial charge in [0, 0.05) is 37.9 Å². The zero-order valence-corrected chi connectivity index (χ0v) is 10.3. The second-order valence-electron chi connectivity index (χ2n) is 4.17. The van der Waals surface area contributed by atoms with Gasteiger partial charge in [0.2, 0.25) is 0 Å².